The van der Waals surface area contributed by atoms with E-state index in [-0.39, 0.29) is 12.6 Å². The molecule has 1 heterocycles. The first-order valence-electron chi connectivity index (χ1n) is 6.82. The second-order valence-corrected chi connectivity index (χ2v) is 4.87. The summed E-state index contributed by atoms with van der Waals surface area (Å²) in [7, 11) is 0. The van der Waals surface area contributed by atoms with Crippen molar-refractivity contribution in [3.8, 4) is 0 Å². The summed E-state index contributed by atoms with van der Waals surface area (Å²) in [6.07, 6.45) is 3.19. The fraction of sp³-hybridized carbons (Fsp3) is 0.250. The standard InChI is InChI=1S/C16H19N3O2/c1-12-10-17-8-7-15(12)19-16(21)18-11-14(20)9-13-5-3-2-4-6-13/h2-8,10,14,20H,9,11H2,1H3,(H2,17,18,19,21)/t14-/m1/s1. The number of nitrogens with zero attached hydrogens (tertiary/aromatic N) is 1. The van der Waals surface area contributed by atoms with E-state index < -0.39 is 6.10 Å². The maximum atomic E-state index is 11.8. The predicted molar refractivity (Wildman–Crippen MR) is 82.1 cm³/mol. The number of carbonyl (C=O) groups is 1. The van der Waals surface area contributed by atoms with Crippen LogP contribution < -0.4 is 10.6 Å². The maximum Gasteiger partial charge on any atom is 0.319 e. The number of rotatable bonds is 5. The number of amides is 2. The molecule has 1 aromatic carbocycles. The van der Waals surface area contributed by atoms with Crippen molar-refractivity contribution in [2.24, 2.45) is 0 Å². The number of aliphatic hydroxyl groups excluding tert-OH is 1. The molecule has 5 nitrogen and oxygen atoms in total. The van der Waals surface area contributed by atoms with Crippen LogP contribution in [0.2, 0.25) is 0 Å². The summed E-state index contributed by atoms with van der Waals surface area (Å²) in [6, 6.07) is 11.1. The lowest BCUT2D eigenvalue weighted by atomic mass is 10.1. The highest BCUT2D eigenvalue weighted by Crippen LogP contribution is 2.11. The number of hydrogen-bond acceptors (Lipinski definition) is 3. The molecule has 110 valence electrons. The number of aliphatic hydroxyl groups is 1. The van der Waals surface area contributed by atoms with Crippen LogP contribution in [0.1, 0.15) is 11.1 Å². The molecule has 1 atom stereocenters. The quantitative estimate of drug-likeness (QED) is 0.787. The third-order valence-electron chi connectivity index (χ3n) is 3.08. The zero-order valence-electron chi connectivity index (χ0n) is 11.9. The highest BCUT2D eigenvalue weighted by Gasteiger charge is 2.08. The Morgan fingerprint density at radius 2 is 2.05 bits per heavy atom. The van der Waals surface area contributed by atoms with E-state index in [2.05, 4.69) is 15.6 Å². The van der Waals surface area contributed by atoms with Gasteiger partial charge in [0.25, 0.3) is 0 Å². The van der Waals surface area contributed by atoms with Crippen LogP contribution in [0.15, 0.2) is 48.8 Å². The lowest BCUT2D eigenvalue weighted by Gasteiger charge is -2.13. The van der Waals surface area contributed by atoms with Crippen molar-refractivity contribution in [2.45, 2.75) is 19.4 Å². The third kappa shape index (κ3) is 4.89. The van der Waals surface area contributed by atoms with Gasteiger partial charge in [-0.1, -0.05) is 30.3 Å². The number of benzene rings is 1. The molecule has 2 rings (SSSR count). The van der Waals surface area contributed by atoms with E-state index in [9.17, 15) is 9.90 Å². The van der Waals surface area contributed by atoms with Crippen molar-refractivity contribution >= 4 is 11.7 Å². The zero-order valence-corrected chi connectivity index (χ0v) is 11.9. The zero-order chi connectivity index (χ0) is 15.1. The number of pyridine rings is 1. The van der Waals surface area contributed by atoms with Crippen molar-refractivity contribution in [1.82, 2.24) is 10.3 Å². The maximum absolute atomic E-state index is 11.8. The van der Waals surface area contributed by atoms with Crippen LogP contribution in [-0.2, 0) is 6.42 Å². The molecule has 0 bridgehead atoms. The van der Waals surface area contributed by atoms with Crippen molar-refractivity contribution in [1.29, 1.82) is 0 Å². The molecule has 0 radical (unpaired) electrons. The first-order valence-corrected chi connectivity index (χ1v) is 6.82. The second kappa shape index (κ2) is 7.40. The van der Waals surface area contributed by atoms with Gasteiger partial charge in [0.1, 0.15) is 0 Å². The molecule has 0 aliphatic heterocycles. The van der Waals surface area contributed by atoms with Gasteiger partial charge in [-0.15, -0.1) is 0 Å². The SMILES string of the molecule is Cc1cnccc1NC(=O)NC[C@H](O)Cc1ccccc1. The van der Waals surface area contributed by atoms with Crippen molar-refractivity contribution in [2.75, 3.05) is 11.9 Å². The van der Waals surface area contributed by atoms with Gasteiger partial charge in [0, 0.05) is 31.0 Å². The van der Waals surface area contributed by atoms with Crippen molar-refractivity contribution in [3.63, 3.8) is 0 Å². The minimum absolute atomic E-state index is 0.199. The van der Waals surface area contributed by atoms with Crippen LogP contribution in [0, 0.1) is 6.92 Å². The normalized spacial score (nSPS) is 11.7. The molecule has 0 spiro atoms. The Hall–Kier alpha value is -2.40. The Morgan fingerprint density at radius 3 is 2.76 bits per heavy atom. The highest BCUT2D eigenvalue weighted by atomic mass is 16.3. The number of anilines is 1. The van der Waals surface area contributed by atoms with Crippen molar-refractivity contribution in [3.05, 3.63) is 59.9 Å². The van der Waals surface area contributed by atoms with Crippen molar-refractivity contribution < 1.29 is 9.90 Å². The molecule has 3 N–H and O–H groups in total. The van der Waals surface area contributed by atoms with E-state index in [4.69, 9.17) is 0 Å². The number of nitrogens with one attached hydrogen (secondary N) is 2. The number of urea groups is 1. The van der Waals surface area contributed by atoms with E-state index in [0.29, 0.717) is 12.1 Å². The molecule has 1 aromatic heterocycles. The molecule has 2 aromatic rings. The monoisotopic (exact) mass is 285 g/mol. The van der Waals surface area contributed by atoms with E-state index in [1.54, 1.807) is 18.5 Å². The molecule has 5 heteroatoms. The summed E-state index contributed by atoms with van der Waals surface area (Å²) in [5.74, 6) is 0. The third-order valence-corrected chi connectivity index (χ3v) is 3.08. The van der Waals surface area contributed by atoms with Crippen LogP contribution in [-0.4, -0.2) is 28.8 Å². The Bertz CT molecular complexity index is 587. The highest BCUT2D eigenvalue weighted by molar-refractivity contribution is 5.89. The molecule has 0 saturated heterocycles. The number of aryl methyl sites for hydroxylation is 1. The van der Waals surface area contributed by atoms with E-state index >= 15 is 0 Å². The molecule has 21 heavy (non-hydrogen) atoms. The van der Waals surface area contributed by atoms with Crippen LogP contribution in [0.25, 0.3) is 0 Å². The Labute approximate surface area is 124 Å². The van der Waals surface area contributed by atoms with Crippen LogP contribution >= 0.6 is 0 Å². The molecule has 0 aliphatic carbocycles. The minimum atomic E-state index is -0.614. The van der Waals surface area contributed by atoms with Crippen LogP contribution in [0.4, 0.5) is 10.5 Å². The van der Waals surface area contributed by atoms with Gasteiger partial charge >= 0.3 is 6.03 Å². The molecule has 0 saturated carbocycles. The second-order valence-electron chi connectivity index (χ2n) is 4.87. The minimum Gasteiger partial charge on any atom is -0.391 e. The average molecular weight is 285 g/mol. The summed E-state index contributed by atoms with van der Waals surface area (Å²) < 4.78 is 0. The smallest absolute Gasteiger partial charge is 0.319 e. The van der Waals surface area contributed by atoms with Gasteiger partial charge in [0.15, 0.2) is 0 Å². The fourth-order valence-corrected chi connectivity index (χ4v) is 1.95. The predicted octanol–water partition coefficient (Wildman–Crippen LogP) is 2.12. The summed E-state index contributed by atoms with van der Waals surface area (Å²) in [6.45, 7) is 2.07. The summed E-state index contributed by atoms with van der Waals surface area (Å²) in [5.41, 5.74) is 2.63. The van der Waals surface area contributed by atoms with Gasteiger partial charge in [-0.2, -0.15) is 0 Å². The molecule has 2 amide bonds. The van der Waals surface area contributed by atoms with Gasteiger partial charge in [-0.25, -0.2) is 4.79 Å². The van der Waals surface area contributed by atoms with Gasteiger partial charge in [-0.05, 0) is 24.1 Å². The molecule has 0 fully saturated rings. The first kappa shape index (κ1) is 15.0. The van der Waals surface area contributed by atoms with Gasteiger partial charge < -0.3 is 15.7 Å². The van der Waals surface area contributed by atoms with E-state index in [0.717, 1.165) is 11.1 Å². The summed E-state index contributed by atoms with van der Waals surface area (Å²) >= 11 is 0. The Morgan fingerprint density at radius 1 is 1.29 bits per heavy atom. The number of aromatic nitrogens is 1. The first-order chi connectivity index (χ1) is 10.1. The average Bonchev–Trinajstić information content (AvgIpc) is 2.49. The fourth-order valence-electron chi connectivity index (χ4n) is 1.95. The lowest BCUT2D eigenvalue weighted by molar-refractivity contribution is 0.172. The molecular weight excluding hydrogens is 266 g/mol. The molecule has 0 aliphatic rings. The molecule has 0 unspecified atom stereocenters. The summed E-state index contributed by atoms with van der Waals surface area (Å²) in [4.78, 5) is 15.7. The van der Waals surface area contributed by atoms with E-state index in [1.807, 2.05) is 37.3 Å². The van der Waals surface area contributed by atoms with Gasteiger partial charge in [0.2, 0.25) is 0 Å². The van der Waals surface area contributed by atoms with Gasteiger partial charge in [0.05, 0.1) is 6.10 Å². The lowest BCUT2D eigenvalue weighted by Crippen LogP contribution is -2.36. The summed E-state index contributed by atoms with van der Waals surface area (Å²) in [5, 5.41) is 15.3. The number of carbonyl (C=O) groups excluding carboxylic acids is 1. The Kier molecular flexibility index (Phi) is 5.29. The van der Waals surface area contributed by atoms with Gasteiger partial charge in [-0.3, -0.25) is 4.98 Å². The topological polar surface area (TPSA) is 74.2 Å². The molecular formula is C16H19N3O2. The van der Waals surface area contributed by atoms with Crippen LogP contribution in [0.5, 0.6) is 0 Å². The van der Waals surface area contributed by atoms with E-state index in [1.165, 1.54) is 0 Å². The Balaban J connectivity index is 1.77. The van der Waals surface area contributed by atoms with Crippen LogP contribution in [0.3, 0.4) is 0 Å². The number of hydrogen-bond donors (Lipinski definition) is 3. The largest absolute Gasteiger partial charge is 0.391 e.